The van der Waals surface area contributed by atoms with E-state index in [0.717, 1.165) is 37.0 Å². The third kappa shape index (κ3) is 4.43. The minimum absolute atomic E-state index is 0.831. The molecule has 192 valence electrons. The molecule has 6 rings (SSSR count). The summed E-state index contributed by atoms with van der Waals surface area (Å²) in [5.41, 5.74) is 12.5. The van der Waals surface area contributed by atoms with Gasteiger partial charge >= 0.3 is 0 Å². The highest BCUT2D eigenvalue weighted by Crippen LogP contribution is 2.50. The predicted octanol–water partition coefficient (Wildman–Crippen LogP) is 5.43. The number of aryl methyl sites for hydroxylation is 1. The first-order valence-corrected chi connectivity index (χ1v) is 14.2. The Morgan fingerprint density at radius 2 is 1.87 bits per heavy atom. The highest BCUT2D eigenvalue weighted by Gasteiger charge is 2.31. The number of likely N-dealkylation sites (N-methyl/N-ethyl adjacent to an activating group) is 2. The summed E-state index contributed by atoms with van der Waals surface area (Å²) in [5.74, 6) is 1.99. The second-order valence-electron chi connectivity index (χ2n) is 10.2. The van der Waals surface area contributed by atoms with E-state index in [2.05, 4.69) is 111 Å². The van der Waals surface area contributed by atoms with Crippen LogP contribution in [0.5, 0.6) is 0 Å². The van der Waals surface area contributed by atoms with Gasteiger partial charge in [-0.15, -0.1) is 0 Å². The number of rotatable bonds is 6. The average molecular weight is 522 g/mol. The molecule has 2 aliphatic heterocycles. The second-order valence-corrected chi connectivity index (χ2v) is 11.3. The number of para-hydroxylation sites is 3. The molecule has 0 aliphatic carbocycles. The molecule has 3 heterocycles. The number of thioether (sulfide) groups is 1. The molecule has 0 unspecified atom stereocenters. The van der Waals surface area contributed by atoms with Gasteiger partial charge in [0.05, 0.1) is 24.8 Å². The van der Waals surface area contributed by atoms with Crippen LogP contribution < -0.4 is 20.1 Å². The third-order valence-corrected chi connectivity index (χ3v) is 8.78. The van der Waals surface area contributed by atoms with Crippen molar-refractivity contribution in [1.82, 2.24) is 0 Å². The molecule has 0 fully saturated rings. The highest BCUT2D eigenvalue weighted by molar-refractivity contribution is 8.03. The van der Waals surface area contributed by atoms with E-state index >= 15 is 0 Å². The summed E-state index contributed by atoms with van der Waals surface area (Å²) in [6.07, 6.45) is 4.76. The number of hydrogen-bond acceptors (Lipinski definition) is 3. The molecule has 0 saturated heterocycles. The molecule has 0 radical (unpaired) electrons. The summed E-state index contributed by atoms with van der Waals surface area (Å²) in [6.45, 7) is 4.72. The minimum Gasteiger partial charge on any atom is -0.335 e. The number of anilines is 2. The van der Waals surface area contributed by atoms with Gasteiger partial charge in [-0.2, -0.15) is 4.57 Å². The van der Waals surface area contributed by atoms with E-state index in [1.807, 2.05) is 25.7 Å². The minimum atomic E-state index is 0.831. The molecule has 1 aromatic heterocycles. The number of nitrogens with two attached hydrogens (primary N) is 1. The van der Waals surface area contributed by atoms with E-state index < -0.39 is 0 Å². The molecule has 38 heavy (non-hydrogen) atoms. The molecule has 0 spiro atoms. The summed E-state index contributed by atoms with van der Waals surface area (Å²) < 4.78 is 4.49. The van der Waals surface area contributed by atoms with Gasteiger partial charge in [0, 0.05) is 29.8 Å². The third-order valence-electron chi connectivity index (χ3n) is 7.69. The number of benzene rings is 3. The van der Waals surface area contributed by atoms with Crippen LogP contribution in [0.15, 0.2) is 88.8 Å². The Hall–Kier alpha value is -3.77. The van der Waals surface area contributed by atoms with Crippen molar-refractivity contribution in [1.29, 1.82) is 0 Å². The van der Waals surface area contributed by atoms with E-state index in [4.69, 9.17) is 5.73 Å². The van der Waals surface area contributed by atoms with Crippen molar-refractivity contribution < 1.29 is 9.14 Å². The SMILES string of the molecule is CC(N)=[N+](C)CCN(C)c1cc(C=C2Sc3cccc4c3N2CCC4)c2ccccc2[n+]1-c1ccccc1. The normalized spacial score (nSPS) is 16.1. The van der Waals surface area contributed by atoms with Crippen molar-refractivity contribution in [2.75, 3.05) is 43.5 Å². The van der Waals surface area contributed by atoms with Gasteiger partial charge in [-0.25, -0.2) is 0 Å². The van der Waals surface area contributed by atoms with Crippen LogP contribution in [0.25, 0.3) is 22.7 Å². The fourth-order valence-electron chi connectivity index (χ4n) is 5.48. The van der Waals surface area contributed by atoms with Crippen LogP contribution in [-0.2, 0) is 6.42 Å². The Morgan fingerprint density at radius 3 is 2.68 bits per heavy atom. The van der Waals surface area contributed by atoms with Gasteiger partial charge in [0.1, 0.15) is 24.3 Å². The molecule has 0 saturated carbocycles. The zero-order chi connectivity index (χ0) is 26.2. The first-order valence-electron chi connectivity index (χ1n) is 13.3. The lowest BCUT2D eigenvalue weighted by atomic mass is 10.0. The number of hydrogen-bond donors (Lipinski definition) is 1. The van der Waals surface area contributed by atoms with Crippen LogP contribution in [-0.4, -0.2) is 44.1 Å². The van der Waals surface area contributed by atoms with E-state index in [9.17, 15) is 0 Å². The van der Waals surface area contributed by atoms with Crippen LogP contribution in [0, 0.1) is 0 Å². The number of fused-ring (bicyclic) bond motifs is 1. The van der Waals surface area contributed by atoms with Crippen molar-refractivity contribution in [2.45, 2.75) is 24.7 Å². The van der Waals surface area contributed by atoms with Gasteiger partial charge in [-0.3, -0.25) is 15.2 Å². The molecule has 5 nitrogen and oxygen atoms in total. The molecule has 2 N–H and O–H groups in total. The van der Waals surface area contributed by atoms with Crippen molar-refractivity contribution >= 4 is 46.1 Å². The lowest BCUT2D eigenvalue weighted by Crippen LogP contribution is -2.42. The van der Waals surface area contributed by atoms with E-state index in [1.54, 1.807) is 0 Å². The average Bonchev–Trinajstić information content (AvgIpc) is 3.30. The maximum Gasteiger partial charge on any atom is 0.282 e. The van der Waals surface area contributed by atoms with Crippen molar-refractivity contribution in [3.8, 4) is 5.69 Å². The molecule has 0 bridgehead atoms. The van der Waals surface area contributed by atoms with E-state index in [0.29, 0.717) is 0 Å². The molecule has 3 aromatic carbocycles. The standard InChI is InChI=1S/C32H34N5S/c1-23(33)34(2)19-20-35(3)30-21-25(22-31-36-18-10-12-24-11-9-17-29(38-31)32(24)36)27-15-7-8-16-28(27)37(30)26-13-5-4-6-14-26/h4-9,11,13-17,21-22,33H,10,12,18-20H2,1-3H3/q+1/p+1. The second kappa shape index (κ2) is 10.2. The van der Waals surface area contributed by atoms with Crippen LogP contribution in [0.4, 0.5) is 11.5 Å². The van der Waals surface area contributed by atoms with Crippen LogP contribution in [0.2, 0.25) is 0 Å². The quantitative estimate of drug-likeness (QED) is 0.209. The maximum absolute atomic E-state index is 6.05. The van der Waals surface area contributed by atoms with Crippen molar-refractivity contribution in [2.24, 2.45) is 5.73 Å². The first kappa shape index (κ1) is 24.6. The van der Waals surface area contributed by atoms with Crippen molar-refractivity contribution in [3.63, 3.8) is 0 Å². The zero-order valence-electron chi connectivity index (χ0n) is 22.4. The topological polar surface area (TPSA) is 39.4 Å². The summed E-state index contributed by atoms with van der Waals surface area (Å²) >= 11 is 1.90. The Labute approximate surface area is 229 Å². The Bertz CT molecular complexity index is 1570. The summed E-state index contributed by atoms with van der Waals surface area (Å²) in [5, 5.41) is 2.56. The largest absolute Gasteiger partial charge is 0.335 e. The van der Waals surface area contributed by atoms with Gasteiger partial charge in [0.15, 0.2) is 0 Å². The zero-order valence-corrected chi connectivity index (χ0v) is 23.2. The lowest BCUT2D eigenvalue weighted by Gasteiger charge is -2.27. The van der Waals surface area contributed by atoms with E-state index in [1.165, 1.54) is 50.5 Å². The van der Waals surface area contributed by atoms with Crippen LogP contribution in [0.1, 0.15) is 24.5 Å². The van der Waals surface area contributed by atoms with E-state index in [-0.39, 0.29) is 0 Å². The fourth-order valence-corrected chi connectivity index (χ4v) is 6.67. The lowest BCUT2D eigenvalue weighted by molar-refractivity contribution is -0.554. The molecular weight excluding hydrogens is 486 g/mol. The van der Waals surface area contributed by atoms with Gasteiger partial charge in [-0.1, -0.05) is 60.3 Å². The Kier molecular flexibility index (Phi) is 6.58. The number of amidine groups is 1. The number of nitrogens with zero attached hydrogens (tertiary/aromatic N) is 4. The first-order chi connectivity index (χ1) is 18.5. The molecule has 2 aliphatic rings. The number of aromatic nitrogens is 1. The van der Waals surface area contributed by atoms with Crippen molar-refractivity contribution in [3.05, 3.63) is 95.0 Å². The summed E-state index contributed by atoms with van der Waals surface area (Å²) in [7, 11) is 4.23. The van der Waals surface area contributed by atoms with Crippen LogP contribution in [0.3, 0.4) is 0 Å². The fraction of sp³-hybridized carbons (Fsp3) is 0.250. The smallest absolute Gasteiger partial charge is 0.282 e. The van der Waals surface area contributed by atoms with Crippen LogP contribution >= 0.6 is 11.8 Å². The Balaban J connectivity index is 1.51. The molecule has 0 amide bonds. The number of pyridine rings is 1. The molecule has 0 atom stereocenters. The molecule has 4 aromatic rings. The van der Waals surface area contributed by atoms with Gasteiger partial charge in [0.25, 0.3) is 5.82 Å². The summed E-state index contributed by atoms with van der Waals surface area (Å²) in [4.78, 5) is 6.25. The highest BCUT2D eigenvalue weighted by atomic mass is 32.2. The van der Waals surface area contributed by atoms with Gasteiger partial charge in [0.2, 0.25) is 5.84 Å². The summed E-state index contributed by atoms with van der Waals surface area (Å²) in [6, 6.07) is 28.6. The van der Waals surface area contributed by atoms with Gasteiger partial charge in [-0.05, 0) is 54.3 Å². The maximum atomic E-state index is 6.05. The molecular formula is C32H35N5S+2. The predicted molar refractivity (Wildman–Crippen MR) is 161 cm³/mol. The monoisotopic (exact) mass is 521 g/mol. The molecule has 6 heteroatoms. The Morgan fingerprint density at radius 1 is 1.08 bits per heavy atom. The van der Waals surface area contributed by atoms with Gasteiger partial charge < -0.3 is 4.90 Å².